The zero-order valence-corrected chi connectivity index (χ0v) is 11.3. The quantitative estimate of drug-likeness (QED) is 0.797. The van der Waals surface area contributed by atoms with E-state index in [-0.39, 0.29) is 5.91 Å². The molecule has 0 saturated carbocycles. The molecule has 104 valence electrons. The standard InChI is InChI=1S/C15H12N4O2/c1-10(20)18-15-13(11-2-6-16-7-3-11)14(19-21-15)12-4-8-17-9-5-12/h2-9H,1H3,(H,18,20). The van der Waals surface area contributed by atoms with Crippen LogP contribution in [0, 0.1) is 0 Å². The van der Waals surface area contributed by atoms with Crippen molar-refractivity contribution in [1.29, 1.82) is 0 Å². The molecule has 0 aromatic carbocycles. The monoisotopic (exact) mass is 280 g/mol. The van der Waals surface area contributed by atoms with E-state index in [0.29, 0.717) is 11.6 Å². The first-order valence-electron chi connectivity index (χ1n) is 6.34. The van der Waals surface area contributed by atoms with Crippen LogP contribution in [0.3, 0.4) is 0 Å². The molecule has 0 aliphatic rings. The van der Waals surface area contributed by atoms with Crippen molar-refractivity contribution in [3.63, 3.8) is 0 Å². The Kier molecular flexibility index (Phi) is 3.42. The summed E-state index contributed by atoms with van der Waals surface area (Å²) in [5.41, 5.74) is 3.09. The van der Waals surface area contributed by atoms with E-state index in [2.05, 4.69) is 20.4 Å². The topological polar surface area (TPSA) is 80.9 Å². The van der Waals surface area contributed by atoms with Gasteiger partial charge in [-0.3, -0.25) is 20.1 Å². The Balaban J connectivity index is 2.18. The molecule has 21 heavy (non-hydrogen) atoms. The van der Waals surface area contributed by atoms with Crippen LogP contribution in [0.2, 0.25) is 0 Å². The van der Waals surface area contributed by atoms with E-state index >= 15 is 0 Å². The molecule has 0 atom stereocenters. The molecule has 0 unspecified atom stereocenters. The van der Waals surface area contributed by atoms with Gasteiger partial charge in [0.2, 0.25) is 11.8 Å². The van der Waals surface area contributed by atoms with Crippen molar-refractivity contribution in [3.8, 4) is 22.4 Å². The lowest BCUT2D eigenvalue weighted by molar-refractivity contribution is -0.114. The maximum atomic E-state index is 11.3. The first-order chi connectivity index (χ1) is 10.3. The molecule has 6 heteroatoms. The third kappa shape index (κ3) is 2.64. The van der Waals surface area contributed by atoms with Crippen LogP contribution in [0.1, 0.15) is 6.92 Å². The van der Waals surface area contributed by atoms with Crippen LogP contribution in [-0.2, 0) is 4.79 Å². The first kappa shape index (κ1) is 13.0. The number of pyridine rings is 2. The van der Waals surface area contributed by atoms with Crippen molar-refractivity contribution in [1.82, 2.24) is 15.1 Å². The molecule has 3 aromatic rings. The fourth-order valence-electron chi connectivity index (χ4n) is 2.03. The summed E-state index contributed by atoms with van der Waals surface area (Å²) in [4.78, 5) is 19.3. The lowest BCUT2D eigenvalue weighted by Crippen LogP contribution is -2.05. The Bertz CT molecular complexity index is 754. The highest BCUT2D eigenvalue weighted by Crippen LogP contribution is 2.37. The second-order valence-corrected chi connectivity index (χ2v) is 4.39. The number of carbonyl (C=O) groups excluding carboxylic acids is 1. The number of hydrogen-bond donors (Lipinski definition) is 1. The fourth-order valence-corrected chi connectivity index (χ4v) is 2.03. The zero-order valence-electron chi connectivity index (χ0n) is 11.3. The van der Waals surface area contributed by atoms with Crippen LogP contribution in [0.4, 0.5) is 5.88 Å². The number of aromatic nitrogens is 3. The van der Waals surface area contributed by atoms with Gasteiger partial charge in [0, 0.05) is 37.3 Å². The molecule has 1 amide bonds. The molecule has 0 fully saturated rings. The lowest BCUT2D eigenvalue weighted by Gasteiger charge is -2.04. The van der Waals surface area contributed by atoms with E-state index in [1.54, 1.807) is 24.8 Å². The van der Waals surface area contributed by atoms with Gasteiger partial charge in [0.05, 0.1) is 5.56 Å². The predicted octanol–water partition coefficient (Wildman–Crippen LogP) is 2.76. The number of nitrogens with one attached hydrogen (secondary N) is 1. The fraction of sp³-hybridized carbons (Fsp3) is 0.0667. The maximum Gasteiger partial charge on any atom is 0.239 e. The molecule has 0 radical (unpaired) electrons. The maximum absolute atomic E-state index is 11.3. The number of anilines is 1. The second-order valence-electron chi connectivity index (χ2n) is 4.39. The van der Waals surface area contributed by atoms with Crippen LogP contribution >= 0.6 is 0 Å². The number of nitrogens with zero attached hydrogens (tertiary/aromatic N) is 3. The Morgan fingerprint density at radius 2 is 1.57 bits per heavy atom. The summed E-state index contributed by atoms with van der Waals surface area (Å²) in [5.74, 6) is 0.100. The van der Waals surface area contributed by atoms with Gasteiger partial charge < -0.3 is 4.52 Å². The van der Waals surface area contributed by atoms with Gasteiger partial charge in [-0.25, -0.2) is 0 Å². The smallest absolute Gasteiger partial charge is 0.239 e. The summed E-state index contributed by atoms with van der Waals surface area (Å²) in [5, 5.41) is 6.74. The van der Waals surface area contributed by atoms with Crippen LogP contribution < -0.4 is 5.32 Å². The molecule has 0 spiro atoms. The average molecular weight is 280 g/mol. The van der Waals surface area contributed by atoms with Crippen LogP contribution in [0.5, 0.6) is 0 Å². The van der Waals surface area contributed by atoms with Gasteiger partial charge >= 0.3 is 0 Å². The summed E-state index contributed by atoms with van der Waals surface area (Å²) in [7, 11) is 0. The molecule has 3 rings (SSSR count). The first-order valence-corrected chi connectivity index (χ1v) is 6.34. The SMILES string of the molecule is CC(=O)Nc1onc(-c2ccncc2)c1-c1ccncc1. The molecule has 6 nitrogen and oxygen atoms in total. The highest BCUT2D eigenvalue weighted by molar-refractivity contribution is 5.95. The number of carbonyl (C=O) groups is 1. The lowest BCUT2D eigenvalue weighted by atomic mass is 10.0. The van der Waals surface area contributed by atoms with Crippen molar-refractivity contribution in [2.24, 2.45) is 0 Å². The summed E-state index contributed by atoms with van der Waals surface area (Å²) >= 11 is 0. The van der Waals surface area contributed by atoms with Gasteiger partial charge in [-0.2, -0.15) is 0 Å². The molecular weight excluding hydrogens is 268 g/mol. The molecule has 0 aliphatic carbocycles. The molecule has 0 saturated heterocycles. The van der Waals surface area contributed by atoms with E-state index in [1.165, 1.54) is 6.92 Å². The normalized spacial score (nSPS) is 10.3. The van der Waals surface area contributed by atoms with Gasteiger partial charge in [-0.05, 0) is 29.8 Å². The Labute approximate surface area is 120 Å². The summed E-state index contributed by atoms with van der Waals surface area (Å²) in [6.45, 7) is 1.42. The number of hydrogen-bond acceptors (Lipinski definition) is 5. The van der Waals surface area contributed by atoms with Crippen molar-refractivity contribution in [3.05, 3.63) is 49.1 Å². The third-order valence-corrected chi connectivity index (χ3v) is 2.90. The zero-order chi connectivity index (χ0) is 14.7. The van der Waals surface area contributed by atoms with E-state index < -0.39 is 0 Å². The van der Waals surface area contributed by atoms with E-state index in [0.717, 1.165) is 16.7 Å². The summed E-state index contributed by atoms with van der Waals surface area (Å²) < 4.78 is 5.29. The minimum absolute atomic E-state index is 0.220. The Morgan fingerprint density at radius 1 is 1.00 bits per heavy atom. The van der Waals surface area contributed by atoms with Crippen LogP contribution in [0.15, 0.2) is 53.6 Å². The van der Waals surface area contributed by atoms with Gasteiger partial charge in [0.15, 0.2) is 0 Å². The predicted molar refractivity (Wildman–Crippen MR) is 77.3 cm³/mol. The summed E-state index contributed by atoms with van der Waals surface area (Å²) in [6.07, 6.45) is 6.71. The highest BCUT2D eigenvalue weighted by atomic mass is 16.5. The van der Waals surface area contributed by atoms with Crippen LogP contribution in [-0.4, -0.2) is 21.0 Å². The van der Waals surface area contributed by atoms with E-state index in [9.17, 15) is 4.79 Å². The van der Waals surface area contributed by atoms with Crippen molar-refractivity contribution in [2.45, 2.75) is 6.92 Å². The van der Waals surface area contributed by atoms with Gasteiger partial charge in [-0.1, -0.05) is 5.16 Å². The van der Waals surface area contributed by atoms with Gasteiger partial charge in [0.1, 0.15) is 5.69 Å². The van der Waals surface area contributed by atoms with E-state index in [1.807, 2.05) is 24.3 Å². The van der Waals surface area contributed by atoms with Crippen molar-refractivity contribution in [2.75, 3.05) is 5.32 Å². The minimum Gasteiger partial charge on any atom is -0.337 e. The third-order valence-electron chi connectivity index (χ3n) is 2.90. The molecule has 3 aromatic heterocycles. The van der Waals surface area contributed by atoms with Crippen molar-refractivity contribution >= 4 is 11.8 Å². The molecular formula is C15H12N4O2. The Morgan fingerprint density at radius 3 is 2.14 bits per heavy atom. The van der Waals surface area contributed by atoms with Crippen LogP contribution in [0.25, 0.3) is 22.4 Å². The molecule has 3 heterocycles. The molecule has 1 N–H and O–H groups in total. The number of amides is 1. The largest absolute Gasteiger partial charge is 0.337 e. The van der Waals surface area contributed by atoms with Crippen molar-refractivity contribution < 1.29 is 9.32 Å². The second kappa shape index (κ2) is 5.54. The average Bonchev–Trinajstić information content (AvgIpc) is 2.92. The van der Waals surface area contributed by atoms with E-state index in [4.69, 9.17) is 4.52 Å². The molecule has 0 aliphatic heterocycles. The molecule has 0 bridgehead atoms. The Hall–Kier alpha value is -3.02. The summed E-state index contributed by atoms with van der Waals surface area (Å²) in [6, 6.07) is 7.34. The highest BCUT2D eigenvalue weighted by Gasteiger charge is 2.20. The van der Waals surface area contributed by atoms with Gasteiger partial charge in [-0.15, -0.1) is 0 Å². The number of rotatable bonds is 3. The minimum atomic E-state index is -0.220. The van der Waals surface area contributed by atoms with Gasteiger partial charge in [0.25, 0.3) is 0 Å².